The number of rotatable bonds is 5. The van der Waals surface area contributed by atoms with Gasteiger partial charge in [0.1, 0.15) is 0 Å². The fourth-order valence-corrected chi connectivity index (χ4v) is 13.4. The monoisotopic (exact) mass is 924 g/mol. The highest BCUT2D eigenvalue weighted by molar-refractivity contribution is 6.26. The second-order valence-electron chi connectivity index (χ2n) is 19.9. The van der Waals surface area contributed by atoms with Crippen LogP contribution >= 0.6 is 0 Å². The number of nitrogens with zero attached hydrogens (tertiary/aromatic N) is 2. The molecule has 16 rings (SSSR count). The van der Waals surface area contributed by atoms with Crippen LogP contribution in [0.2, 0.25) is 0 Å². The fraction of sp³-hybridized carbons (Fsp3) is 0.0141. The Morgan fingerprint density at radius 3 is 1.47 bits per heavy atom. The molecule has 0 bridgehead atoms. The highest BCUT2D eigenvalue weighted by Crippen LogP contribution is 2.64. The number of benzene rings is 13. The van der Waals surface area contributed by atoms with E-state index in [1.54, 1.807) is 0 Å². The molecule has 0 amide bonds. The summed E-state index contributed by atoms with van der Waals surface area (Å²) in [5, 5.41) is 12.3. The molecular weight excluding hydrogens is 881 g/mol. The minimum absolute atomic E-state index is 0.530. The standard InChI is InChI=1S/C71H44N2/c1-3-20-45(21-4-1)58-42-61-56-31-13-17-35-65(56)71(63-33-15-11-29-54(63)55-30-12-16-34-64(55)71)66(61)44-70(58)73(48-38-39-53-51-27-8-7-25-49(51)50-26-9-10-28-52(50)60(53)41-48)68-37-19-22-46-40-69-62(43-59(46)68)57-32-14-18-36-67(57)72(69)47-23-5-2-6-24-47/h1-44H. The van der Waals surface area contributed by atoms with Gasteiger partial charge in [0.15, 0.2) is 0 Å². The maximum Gasteiger partial charge on any atom is 0.0726 e. The summed E-state index contributed by atoms with van der Waals surface area (Å²) in [6.45, 7) is 0. The van der Waals surface area contributed by atoms with Gasteiger partial charge in [-0.05, 0) is 148 Å². The number of aromatic nitrogens is 1. The van der Waals surface area contributed by atoms with E-state index in [1.807, 2.05) is 0 Å². The number of para-hydroxylation sites is 2. The minimum Gasteiger partial charge on any atom is -0.309 e. The second kappa shape index (κ2) is 15.3. The summed E-state index contributed by atoms with van der Waals surface area (Å²) in [6.07, 6.45) is 0. The van der Waals surface area contributed by atoms with Crippen LogP contribution in [0.4, 0.5) is 17.1 Å². The molecule has 0 atom stereocenters. The molecule has 2 nitrogen and oxygen atoms in total. The molecule has 0 radical (unpaired) electrons. The summed E-state index contributed by atoms with van der Waals surface area (Å²) in [7, 11) is 0. The molecule has 14 aromatic rings. The van der Waals surface area contributed by atoms with Gasteiger partial charge in [-0.15, -0.1) is 0 Å². The van der Waals surface area contributed by atoms with Crippen molar-refractivity contribution in [3.05, 3.63) is 289 Å². The Labute approximate surface area is 422 Å². The SMILES string of the molecule is c1ccc(-c2cc3c(cc2N(c2ccc4c5ccccc5c5ccccc5c4c2)c2cccc4cc5c(cc24)c2ccccc2n5-c2ccccc2)C2(c4ccccc4-c4ccccc42)c2ccccc2-3)cc1. The fourth-order valence-electron chi connectivity index (χ4n) is 13.4. The van der Waals surface area contributed by atoms with Gasteiger partial charge in [0.05, 0.1) is 27.8 Å². The third-order valence-electron chi connectivity index (χ3n) is 16.3. The largest absolute Gasteiger partial charge is 0.309 e. The highest BCUT2D eigenvalue weighted by Gasteiger charge is 2.52. The summed E-state index contributed by atoms with van der Waals surface area (Å²) >= 11 is 0. The molecule has 73 heavy (non-hydrogen) atoms. The maximum atomic E-state index is 2.60. The van der Waals surface area contributed by atoms with Crippen LogP contribution in [0.1, 0.15) is 22.3 Å². The molecule has 2 aliphatic rings. The van der Waals surface area contributed by atoms with Crippen molar-refractivity contribution in [2.45, 2.75) is 5.41 Å². The zero-order valence-electron chi connectivity index (χ0n) is 39.8. The third-order valence-corrected chi connectivity index (χ3v) is 16.3. The Morgan fingerprint density at radius 1 is 0.274 bits per heavy atom. The van der Waals surface area contributed by atoms with E-state index >= 15 is 0 Å². The minimum atomic E-state index is -0.530. The summed E-state index contributed by atoms with van der Waals surface area (Å²) in [6, 6.07) is 100. The number of hydrogen-bond donors (Lipinski definition) is 0. The van der Waals surface area contributed by atoms with Crippen LogP contribution in [0.3, 0.4) is 0 Å². The molecule has 0 N–H and O–H groups in total. The normalized spacial score (nSPS) is 13.0. The van der Waals surface area contributed by atoms with E-state index in [0.717, 1.165) is 22.7 Å². The van der Waals surface area contributed by atoms with Gasteiger partial charge in [0, 0.05) is 33.1 Å². The van der Waals surface area contributed by atoms with Crippen LogP contribution in [0.5, 0.6) is 0 Å². The summed E-state index contributed by atoms with van der Waals surface area (Å²) in [5.74, 6) is 0. The van der Waals surface area contributed by atoms with Crippen molar-refractivity contribution < 1.29 is 0 Å². The van der Waals surface area contributed by atoms with E-state index in [4.69, 9.17) is 0 Å². The highest BCUT2D eigenvalue weighted by atomic mass is 15.1. The van der Waals surface area contributed by atoms with Crippen molar-refractivity contribution in [1.82, 2.24) is 4.57 Å². The summed E-state index contributed by atoms with van der Waals surface area (Å²) in [4.78, 5) is 2.60. The van der Waals surface area contributed by atoms with Crippen LogP contribution in [0.25, 0.3) is 104 Å². The predicted octanol–water partition coefficient (Wildman–Crippen LogP) is 18.9. The molecule has 13 aromatic carbocycles. The van der Waals surface area contributed by atoms with Crippen molar-refractivity contribution in [3.8, 4) is 39.1 Å². The Kier molecular flexibility index (Phi) is 8.41. The average Bonchev–Trinajstić information content (AvgIpc) is 4.07. The molecule has 2 aliphatic carbocycles. The van der Waals surface area contributed by atoms with Gasteiger partial charge in [-0.1, -0.05) is 206 Å². The molecule has 0 aliphatic heterocycles. The lowest BCUT2D eigenvalue weighted by Crippen LogP contribution is -2.26. The Hall–Kier alpha value is -9.50. The van der Waals surface area contributed by atoms with Crippen molar-refractivity contribution in [2.24, 2.45) is 0 Å². The zero-order valence-corrected chi connectivity index (χ0v) is 39.8. The lowest BCUT2D eigenvalue weighted by Gasteiger charge is -2.34. The van der Waals surface area contributed by atoms with E-state index in [0.29, 0.717) is 0 Å². The first-order valence-electron chi connectivity index (χ1n) is 25.4. The van der Waals surface area contributed by atoms with Gasteiger partial charge >= 0.3 is 0 Å². The van der Waals surface area contributed by atoms with Crippen LogP contribution < -0.4 is 4.90 Å². The van der Waals surface area contributed by atoms with Crippen molar-refractivity contribution in [3.63, 3.8) is 0 Å². The lowest BCUT2D eigenvalue weighted by molar-refractivity contribution is 0.794. The average molecular weight is 925 g/mol. The Bertz CT molecular complexity index is 4540. The van der Waals surface area contributed by atoms with Gasteiger partial charge in [-0.2, -0.15) is 0 Å². The Balaban J connectivity index is 1.06. The first kappa shape index (κ1) is 40.3. The van der Waals surface area contributed by atoms with Gasteiger partial charge in [0.25, 0.3) is 0 Å². The molecule has 1 aromatic heterocycles. The van der Waals surface area contributed by atoms with Crippen LogP contribution in [0, 0.1) is 0 Å². The topological polar surface area (TPSA) is 8.17 Å². The lowest BCUT2D eigenvalue weighted by atomic mass is 9.70. The first-order valence-corrected chi connectivity index (χ1v) is 25.4. The summed E-state index contributed by atoms with van der Waals surface area (Å²) < 4.78 is 2.43. The van der Waals surface area contributed by atoms with Crippen molar-refractivity contribution >= 4 is 82.0 Å². The van der Waals surface area contributed by atoms with E-state index in [2.05, 4.69) is 276 Å². The molecule has 0 saturated carbocycles. The van der Waals surface area contributed by atoms with Crippen LogP contribution in [0.15, 0.2) is 267 Å². The quantitative estimate of drug-likeness (QED) is 0.156. The predicted molar refractivity (Wildman–Crippen MR) is 307 cm³/mol. The number of fused-ring (bicyclic) bond motifs is 20. The van der Waals surface area contributed by atoms with E-state index in [9.17, 15) is 0 Å². The maximum absolute atomic E-state index is 2.60. The van der Waals surface area contributed by atoms with E-state index in [1.165, 1.54) is 121 Å². The molecular formula is C71H44N2. The number of hydrogen-bond acceptors (Lipinski definition) is 1. The first-order chi connectivity index (χ1) is 36.2. The molecule has 0 fully saturated rings. The van der Waals surface area contributed by atoms with Gasteiger partial charge in [0.2, 0.25) is 0 Å². The zero-order chi connectivity index (χ0) is 47.8. The second-order valence-corrected chi connectivity index (χ2v) is 19.9. The van der Waals surface area contributed by atoms with Gasteiger partial charge < -0.3 is 9.47 Å². The van der Waals surface area contributed by atoms with Crippen molar-refractivity contribution in [1.29, 1.82) is 0 Å². The van der Waals surface area contributed by atoms with E-state index < -0.39 is 5.41 Å². The third kappa shape index (κ3) is 5.52. The Morgan fingerprint density at radius 2 is 0.808 bits per heavy atom. The summed E-state index contributed by atoms with van der Waals surface area (Å²) in [5.41, 5.74) is 19.1. The molecule has 1 heterocycles. The molecule has 0 saturated heterocycles. The molecule has 338 valence electrons. The van der Waals surface area contributed by atoms with Gasteiger partial charge in [-0.3, -0.25) is 0 Å². The van der Waals surface area contributed by atoms with Crippen molar-refractivity contribution in [2.75, 3.05) is 4.90 Å². The molecule has 2 heteroatoms. The van der Waals surface area contributed by atoms with Gasteiger partial charge in [-0.25, -0.2) is 0 Å². The molecule has 0 unspecified atom stereocenters. The van der Waals surface area contributed by atoms with E-state index in [-0.39, 0.29) is 0 Å². The molecule has 1 spiro atoms. The van der Waals surface area contributed by atoms with Crippen LogP contribution in [-0.2, 0) is 5.41 Å². The number of anilines is 3. The smallest absolute Gasteiger partial charge is 0.0726 e. The van der Waals surface area contributed by atoms with Crippen LogP contribution in [-0.4, -0.2) is 4.57 Å².